The number of benzene rings is 1. The summed E-state index contributed by atoms with van der Waals surface area (Å²) in [5.74, 6) is 0. The zero-order chi connectivity index (χ0) is 17.6. The van der Waals surface area contributed by atoms with E-state index >= 15 is 0 Å². The molecule has 0 radical (unpaired) electrons. The molecule has 25 heavy (non-hydrogen) atoms. The molecule has 4 rings (SSSR count). The van der Waals surface area contributed by atoms with E-state index in [2.05, 4.69) is 26.0 Å². The predicted molar refractivity (Wildman–Crippen MR) is 98.7 cm³/mol. The lowest BCUT2D eigenvalue weighted by atomic mass is 10.1. The molecule has 126 valence electrons. The fraction of sp³-hybridized carbons (Fsp3) is 0.0588. The fourth-order valence-electron chi connectivity index (χ4n) is 2.79. The SMILES string of the molecule is Cn1cc(-c2ccnc3c2ccn3S(=O)(=O)c2ccccc2)c(Br)n1. The number of aryl methyl sites for hydroxylation is 1. The number of nitrogens with zero attached hydrogens (tertiary/aromatic N) is 4. The predicted octanol–water partition coefficient (Wildman–Crippen LogP) is 3.44. The smallest absolute Gasteiger partial charge is 0.269 e. The Morgan fingerprint density at radius 1 is 1.04 bits per heavy atom. The minimum atomic E-state index is -3.70. The van der Waals surface area contributed by atoms with Crippen LogP contribution in [0.15, 0.2) is 70.6 Å². The van der Waals surface area contributed by atoms with Crippen molar-refractivity contribution in [3.63, 3.8) is 0 Å². The number of hydrogen-bond acceptors (Lipinski definition) is 4. The normalized spacial score (nSPS) is 11.9. The maximum absolute atomic E-state index is 12.9. The highest BCUT2D eigenvalue weighted by atomic mass is 79.9. The Hall–Kier alpha value is -2.45. The molecular weight excluding hydrogens is 404 g/mol. The van der Waals surface area contributed by atoms with Gasteiger partial charge in [0.1, 0.15) is 4.60 Å². The standard InChI is InChI=1S/C17H13BrN4O2S/c1-21-11-15(16(18)20-21)13-7-9-19-17-14(13)8-10-22(17)25(23,24)12-5-3-2-4-6-12/h2-11H,1H3. The third-order valence-corrected chi connectivity index (χ3v) is 6.19. The van der Waals surface area contributed by atoms with Gasteiger partial charge in [-0.05, 0) is 45.8 Å². The highest BCUT2D eigenvalue weighted by molar-refractivity contribution is 9.10. The van der Waals surface area contributed by atoms with E-state index in [0.29, 0.717) is 10.3 Å². The molecule has 0 saturated heterocycles. The van der Waals surface area contributed by atoms with Crippen LogP contribution in [0.1, 0.15) is 0 Å². The van der Waals surface area contributed by atoms with Gasteiger partial charge in [-0.25, -0.2) is 17.4 Å². The van der Waals surface area contributed by atoms with Crippen LogP contribution in [0.25, 0.3) is 22.2 Å². The summed E-state index contributed by atoms with van der Waals surface area (Å²) < 4.78 is 29.5. The van der Waals surface area contributed by atoms with Crippen molar-refractivity contribution in [1.82, 2.24) is 18.7 Å². The van der Waals surface area contributed by atoms with Crippen LogP contribution < -0.4 is 0 Å². The van der Waals surface area contributed by atoms with Gasteiger partial charge in [0.15, 0.2) is 5.65 Å². The topological polar surface area (TPSA) is 69.8 Å². The first kappa shape index (κ1) is 16.0. The zero-order valence-corrected chi connectivity index (χ0v) is 15.6. The first-order valence-corrected chi connectivity index (χ1v) is 9.68. The molecule has 0 amide bonds. The lowest BCUT2D eigenvalue weighted by molar-refractivity contribution is 0.589. The number of fused-ring (bicyclic) bond motifs is 1. The van der Waals surface area contributed by atoms with E-state index in [1.165, 1.54) is 10.2 Å². The summed E-state index contributed by atoms with van der Waals surface area (Å²) in [5.41, 5.74) is 2.13. The van der Waals surface area contributed by atoms with Crippen molar-refractivity contribution in [2.45, 2.75) is 4.90 Å². The Kier molecular flexibility index (Phi) is 3.73. The zero-order valence-electron chi connectivity index (χ0n) is 13.2. The molecule has 3 aromatic heterocycles. The molecule has 0 fully saturated rings. The van der Waals surface area contributed by atoms with E-state index in [0.717, 1.165) is 16.5 Å². The van der Waals surface area contributed by atoms with Crippen LogP contribution in [0.3, 0.4) is 0 Å². The molecule has 6 nitrogen and oxygen atoms in total. The molecular formula is C17H13BrN4O2S. The van der Waals surface area contributed by atoms with Crippen LogP contribution in [0.5, 0.6) is 0 Å². The number of hydrogen-bond donors (Lipinski definition) is 0. The largest absolute Gasteiger partial charge is 0.274 e. The lowest BCUT2D eigenvalue weighted by Gasteiger charge is -2.07. The van der Waals surface area contributed by atoms with Crippen molar-refractivity contribution >= 4 is 37.0 Å². The lowest BCUT2D eigenvalue weighted by Crippen LogP contribution is -2.12. The van der Waals surface area contributed by atoms with Crippen LogP contribution in [-0.4, -0.2) is 27.2 Å². The highest BCUT2D eigenvalue weighted by Gasteiger charge is 2.21. The number of aromatic nitrogens is 4. The summed E-state index contributed by atoms with van der Waals surface area (Å²) in [4.78, 5) is 4.52. The van der Waals surface area contributed by atoms with Crippen molar-refractivity contribution < 1.29 is 8.42 Å². The van der Waals surface area contributed by atoms with Crippen LogP contribution in [0, 0.1) is 0 Å². The first-order chi connectivity index (χ1) is 12.0. The molecule has 3 heterocycles. The van der Waals surface area contributed by atoms with E-state index < -0.39 is 10.0 Å². The summed E-state index contributed by atoms with van der Waals surface area (Å²) in [6.45, 7) is 0. The molecule has 0 bridgehead atoms. The van der Waals surface area contributed by atoms with Gasteiger partial charge in [0.25, 0.3) is 10.0 Å². The minimum absolute atomic E-state index is 0.224. The van der Waals surface area contributed by atoms with E-state index in [1.807, 2.05) is 19.3 Å². The average molecular weight is 417 g/mol. The Morgan fingerprint density at radius 2 is 1.80 bits per heavy atom. The van der Waals surface area contributed by atoms with Gasteiger partial charge in [-0.15, -0.1) is 0 Å². The second-order valence-corrected chi connectivity index (χ2v) is 8.10. The van der Waals surface area contributed by atoms with Crippen LogP contribution >= 0.6 is 15.9 Å². The Morgan fingerprint density at radius 3 is 2.48 bits per heavy atom. The van der Waals surface area contributed by atoms with Crippen molar-refractivity contribution in [3.8, 4) is 11.1 Å². The molecule has 8 heteroatoms. The van der Waals surface area contributed by atoms with Gasteiger partial charge in [-0.3, -0.25) is 4.68 Å². The number of rotatable bonds is 3. The molecule has 0 N–H and O–H groups in total. The summed E-state index contributed by atoms with van der Waals surface area (Å²) in [5, 5.41) is 5.03. The monoisotopic (exact) mass is 416 g/mol. The summed E-state index contributed by atoms with van der Waals surface area (Å²) >= 11 is 3.45. The molecule has 0 saturated carbocycles. The second kappa shape index (κ2) is 5.82. The molecule has 4 aromatic rings. The molecule has 1 aromatic carbocycles. The van der Waals surface area contributed by atoms with E-state index in [-0.39, 0.29) is 4.90 Å². The van der Waals surface area contributed by atoms with Crippen molar-refractivity contribution in [3.05, 3.63) is 65.7 Å². The van der Waals surface area contributed by atoms with Gasteiger partial charge < -0.3 is 0 Å². The van der Waals surface area contributed by atoms with E-state index in [9.17, 15) is 8.42 Å². The van der Waals surface area contributed by atoms with Crippen molar-refractivity contribution in [1.29, 1.82) is 0 Å². The molecule has 0 spiro atoms. The van der Waals surface area contributed by atoms with Gasteiger partial charge in [0.2, 0.25) is 0 Å². The maximum atomic E-state index is 12.9. The van der Waals surface area contributed by atoms with Crippen LogP contribution in [0.4, 0.5) is 0 Å². The molecule has 0 atom stereocenters. The quantitative estimate of drug-likeness (QED) is 0.512. The summed E-state index contributed by atoms with van der Waals surface area (Å²) in [6.07, 6.45) is 5.02. The van der Waals surface area contributed by atoms with Crippen LogP contribution in [-0.2, 0) is 17.1 Å². The summed E-state index contributed by atoms with van der Waals surface area (Å²) in [6, 6.07) is 11.9. The van der Waals surface area contributed by atoms with Crippen molar-refractivity contribution in [2.24, 2.45) is 7.05 Å². The minimum Gasteiger partial charge on any atom is -0.274 e. The van der Waals surface area contributed by atoms with E-state index in [1.54, 1.807) is 47.3 Å². The first-order valence-electron chi connectivity index (χ1n) is 7.45. The Labute approximate surface area is 152 Å². The number of halogens is 1. The van der Waals surface area contributed by atoms with Gasteiger partial charge in [0.05, 0.1) is 4.90 Å². The van der Waals surface area contributed by atoms with Gasteiger partial charge in [0, 0.05) is 36.6 Å². The van der Waals surface area contributed by atoms with E-state index in [4.69, 9.17) is 0 Å². The average Bonchev–Trinajstić information content (AvgIpc) is 3.18. The Balaban J connectivity index is 1.95. The molecule has 0 unspecified atom stereocenters. The molecule has 0 aliphatic carbocycles. The summed E-state index contributed by atoms with van der Waals surface area (Å²) in [7, 11) is -1.87. The van der Waals surface area contributed by atoms with Crippen LogP contribution in [0.2, 0.25) is 0 Å². The molecule has 0 aliphatic rings. The number of pyridine rings is 1. The highest BCUT2D eigenvalue weighted by Crippen LogP contribution is 2.33. The van der Waals surface area contributed by atoms with Gasteiger partial charge in [-0.1, -0.05) is 18.2 Å². The van der Waals surface area contributed by atoms with Crippen molar-refractivity contribution in [2.75, 3.05) is 0 Å². The van der Waals surface area contributed by atoms with Gasteiger partial charge in [-0.2, -0.15) is 5.10 Å². The maximum Gasteiger partial charge on any atom is 0.269 e. The third kappa shape index (κ3) is 2.58. The Bertz CT molecular complexity index is 1180. The third-order valence-electron chi connectivity index (χ3n) is 3.93. The van der Waals surface area contributed by atoms with Gasteiger partial charge >= 0.3 is 0 Å². The molecule has 0 aliphatic heterocycles. The second-order valence-electron chi connectivity index (χ2n) is 5.53. The fourth-order valence-corrected chi connectivity index (χ4v) is 4.68.